The average Bonchev–Trinajstić information content (AvgIpc) is 3.19. The molecule has 1 aromatic rings. The Morgan fingerprint density at radius 1 is 1.00 bits per heavy atom. The van der Waals surface area contributed by atoms with Crippen molar-refractivity contribution >= 4 is 23.5 Å². The zero-order valence-corrected chi connectivity index (χ0v) is 24.1. The zero-order valence-electron chi connectivity index (χ0n) is 23.4. The first-order valence-corrected chi connectivity index (χ1v) is 15.2. The summed E-state index contributed by atoms with van der Waals surface area (Å²) in [5.74, 6) is 0.0606. The van der Waals surface area contributed by atoms with Crippen LogP contribution in [0.1, 0.15) is 84.1 Å². The number of rotatable bonds is 10. The molecule has 2 saturated heterocycles. The maximum absolute atomic E-state index is 14.0. The molecule has 38 heavy (non-hydrogen) atoms. The van der Waals surface area contributed by atoms with Crippen LogP contribution in [0.3, 0.4) is 0 Å². The molecule has 2 heterocycles. The topological polar surface area (TPSA) is 55.9 Å². The molecule has 1 saturated carbocycles. The number of hydrogen-bond acceptors (Lipinski definition) is 3. The molecule has 0 radical (unpaired) electrons. The Morgan fingerprint density at radius 3 is 2.16 bits per heavy atom. The van der Waals surface area contributed by atoms with E-state index in [1.54, 1.807) is 6.92 Å². The predicted octanol–water partition coefficient (Wildman–Crippen LogP) is 5.82. The number of benzene rings is 1. The van der Waals surface area contributed by atoms with Crippen molar-refractivity contribution in [1.29, 1.82) is 0 Å². The number of piperidine rings is 1. The third-order valence-corrected chi connectivity index (χ3v) is 9.20. The Bertz CT molecular complexity index is 907. The molecule has 0 spiro atoms. The summed E-state index contributed by atoms with van der Waals surface area (Å²) in [4.78, 5) is 34.1. The number of carbonyl (C=O) groups excluding carboxylic acids is 2. The Hall–Kier alpha value is -1.86. The highest BCUT2D eigenvalue weighted by Gasteiger charge is 2.48. The second-order valence-electron chi connectivity index (χ2n) is 11.5. The van der Waals surface area contributed by atoms with Gasteiger partial charge in [-0.1, -0.05) is 43.0 Å². The lowest BCUT2D eigenvalue weighted by molar-refractivity contribution is -0.139. The van der Waals surface area contributed by atoms with E-state index in [1.165, 1.54) is 19.3 Å². The minimum absolute atomic E-state index is 0.0606. The molecule has 4 atom stereocenters. The molecule has 8 heteroatoms. The van der Waals surface area contributed by atoms with Crippen molar-refractivity contribution in [3.63, 3.8) is 0 Å². The summed E-state index contributed by atoms with van der Waals surface area (Å²) >= 11 is 6.07. The van der Waals surface area contributed by atoms with Gasteiger partial charge >= 0.3 is 6.03 Å². The van der Waals surface area contributed by atoms with E-state index in [9.17, 15) is 14.0 Å². The second-order valence-corrected chi connectivity index (χ2v) is 12.0. The number of fused-ring (bicyclic) bond motifs is 2. The average molecular weight is 549 g/mol. The van der Waals surface area contributed by atoms with Crippen molar-refractivity contribution < 1.29 is 14.0 Å². The van der Waals surface area contributed by atoms with Crippen LogP contribution in [0.4, 0.5) is 9.18 Å². The van der Waals surface area contributed by atoms with Crippen LogP contribution in [-0.4, -0.2) is 82.7 Å². The highest BCUT2D eigenvalue weighted by molar-refractivity contribution is 6.30. The van der Waals surface area contributed by atoms with Gasteiger partial charge in [0.25, 0.3) is 0 Å². The predicted molar refractivity (Wildman–Crippen MR) is 151 cm³/mol. The van der Waals surface area contributed by atoms with E-state index in [2.05, 4.69) is 29.0 Å². The van der Waals surface area contributed by atoms with Gasteiger partial charge in [0.2, 0.25) is 5.91 Å². The summed E-state index contributed by atoms with van der Waals surface area (Å²) in [5.41, 5.74) is 1.00. The Kier molecular flexibility index (Phi) is 10.3. The van der Waals surface area contributed by atoms with Gasteiger partial charge in [0.1, 0.15) is 6.67 Å². The van der Waals surface area contributed by atoms with Crippen LogP contribution in [-0.2, 0) is 11.2 Å². The second kappa shape index (κ2) is 13.5. The van der Waals surface area contributed by atoms with E-state index in [-0.39, 0.29) is 30.1 Å². The number of nitrogens with one attached hydrogen (secondary N) is 1. The van der Waals surface area contributed by atoms with Crippen molar-refractivity contribution in [1.82, 2.24) is 20.0 Å². The molecule has 4 rings (SSSR count). The number of carbonyl (C=O) groups is 2. The number of alkyl halides is 1. The van der Waals surface area contributed by atoms with Crippen molar-refractivity contribution in [3.8, 4) is 0 Å². The highest BCUT2D eigenvalue weighted by Crippen LogP contribution is 2.40. The summed E-state index contributed by atoms with van der Waals surface area (Å²) in [6.45, 7) is 6.80. The molecule has 1 aromatic carbocycles. The highest BCUT2D eigenvalue weighted by atomic mass is 35.5. The molecule has 3 amide bonds. The third kappa shape index (κ3) is 6.64. The molecule has 3 aliphatic rings. The van der Waals surface area contributed by atoms with Gasteiger partial charge in [-0.2, -0.15) is 0 Å². The number of nitrogens with zero attached hydrogens (tertiary/aromatic N) is 3. The standard InChI is InChI=1S/C30H46ClFN4O2/c1-4-34(5-2)30(38)36(24-9-7-6-8-10-24)27-18-25-15-16-26(19-27)35(25)29(37)28(33-21(3)20-32)17-22-11-13-23(31)14-12-22/h11-14,21,24-28,33H,4-10,15-20H2,1-3H3/t21?,25?,26?,27?,28-/m0/s1. The van der Waals surface area contributed by atoms with E-state index in [4.69, 9.17) is 11.6 Å². The molecule has 212 valence electrons. The van der Waals surface area contributed by atoms with Gasteiger partial charge in [0.05, 0.1) is 6.04 Å². The molecular formula is C30H46ClFN4O2. The van der Waals surface area contributed by atoms with Crippen molar-refractivity contribution in [2.75, 3.05) is 19.8 Å². The maximum Gasteiger partial charge on any atom is 0.320 e. The van der Waals surface area contributed by atoms with Crippen LogP contribution in [0.15, 0.2) is 24.3 Å². The number of hydrogen-bond donors (Lipinski definition) is 1. The summed E-state index contributed by atoms with van der Waals surface area (Å²) in [7, 11) is 0. The third-order valence-electron chi connectivity index (χ3n) is 8.95. The molecule has 1 N–H and O–H groups in total. The minimum Gasteiger partial charge on any atom is -0.335 e. The molecule has 0 aromatic heterocycles. The van der Waals surface area contributed by atoms with Crippen LogP contribution < -0.4 is 5.32 Å². The molecule has 3 fully saturated rings. The van der Waals surface area contributed by atoms with Crippen molar-refractivity contribution in [3.05, 3.63) is 34.9 Å². The van der Waals surface area contributed by atoms with Crippen LogP contribution in [0.25, 0.3) is 0 Å². The fourth-order valence-corrected chi connectivity index (χ4v) is 7.13. The van der Waals surface area contributed by atoms with E-state index >= 15 is 0 Å². The van der Waals surface area contributed by atoms with E-state index in [1.807, 2.05) is 29.2 Å². The maximum atomic E-state index is 14.0. The Morgan fingerprint density at radius 2 is 1.61 bits per heavy atom. The molecule has 6 nitrogen and oxygen atoms in total. The lowest BCUT2D eigenvalue weighted by atomic mass is 9.89. The van der Waals surface area contributed by atoms with Gasteiger partial charge < -0.3 is 20.0 Å². The first-order valence-electron chi connectivity index (χ1n) is 14.8. The van der Waals surface area contributed by atoms with Crippen molar-refractivity contribution in [2.24, 2.45) is 0 Å². The normalized spacial score (nSPS) is 25.2. The Labute approximate surface area is 233 Å². The first kappa shape index (κ1) is 29.1. The van der Waals surface area contributed by atoms with Crippen LogP contribution in [0.2, 0.25) is 5.02 Å². The molecule has 1 aliphatic carbocycles. The fourth-order valence-electron chi connectivity index (χ4n) is 7.00. The monoisotopic (exact) mass is 548 g/mol. The van der Waals surface area contributed by atoms with Crippen LogP contribution in [0, 0.1) is 0 Å². The SMILES string of the molecule is CCN(CC)C(=O)N(C1CCCCC1)C1CC2CCC(C1)N2C(=O)[C@H](Cc1ccc(Cl)cc1)NC(C)CF. The Balaban J connectivity index is 1.52. The van der Waals surface area contributed by atoms with Gasteiger partial charge in [-0.15, -0.1) is 0 Å². The van der Waals surface area contributed by atoms with Gasteiger partial charge in [-0.3, -0.25) is 4.79 Å². The summed E-state index contributed by atoms with van der Waals surface area (Å²) in [6, 6.07) is 7.52. The summed E-state index contributed by atoms with van der Waals surface area (Å²) in [6.07, 6.45) is 9.87. The summed E-state index contributed by atoms with van der Waals surface area (Å²) in [5, 5.41) is 3.92. The number of halogens is 2. The van der Waals surface area contributed by atoms with E-state index < -0.39 is 18.8 Å². The number of urea groups is 1. The fraction of sp³-hybridized carbons (Fsp3) is 0.733. The molecular weight excluding hydrogens is 503 g/mol. The molecule has 2 aliphatic heterocycles. The van der Waals surface area contributed by atoms with Gasteiger partial charge in [-0.05, 0) is 83.4 Å². The van der Waals surface area contributed by atoms with E-state index in [0.29, 0.717) is 30.6 Å². The van der Waals surface area contributed by atoms with Gasteiger partial charge in [0, 0.05) is 48.3 Å². The minimum atomic E-state index is -0.525. The lowest BCUT2D eigenvalue weighted by Gasteiger charge is -2.48. The molecule has 3 unspecified atom stereocenters. The van der Waals surface area contributed by atoms with Gasteiger partial charge in [-0.25, -0.2) is 9.18 Å². The largest absolute Gasteiger partial charge is 0.335 e. The molecule has 2 bridgehead atoms. The van der Waals surface area contributed by atoms with Crippen molar-refractivity contribution in [2.45, 2.75) is 121 Å². The van der Waals surface area contributed by atoms with E-state index in [0.717, 1.165) is 44.1 Å². The summed E-state index contributed by atoms with van der Waals surface area (Å²) < 4.78 is 13.5. The first-order chi connectivity index (χ1) is 18.4. The lowest BCUT2D eigenvalue weighted by Crippen LogP contribution is -2.61. The smallest absolute Gasteiger partial charge is 0.320 e. The van der Waals surface area contributed by atoms with Crippen LogP contribution in [0.5, 0.6) is 0 Å². The quantitative estimate of drug-likeness (QED) is 0.401. The van der Waals surface area contributed by atoms with Gasteiger partial charge in [0.15, 0.2) is 0 Å². The number of amides is 3. The zero-order chi connectivity index (χ0) is 27.2. The van der Waals surface area contributed by atoms with Crippen LogP contribution >= 0.6 is 11.6 Å².